The minimum atomic E-state index is -1.86. The van der Waals surface area contributed by atoms with Crippen molar-refractivity contribution in [2.24, 2.45) is 0 Å². The second-order valence-corrected chi connectivity index (χ2v) is 11.9. The van der Waals surface area contributed by atoms with E-state index in [1.165, 1.54) is 14.0 Å². The quantitative estimate of drug-likeness (QED) is 0.277. The van der Waals surface area contributed by atoms with Crippen LogP contribution in [0.1, 0.15) is 42.1 Å². The van der Waals surface area contributed by atoms with Crippen molar-refractivity contribution in [3.05, 3.63) is 101 Å². The first-order valence-corrected chi connectivity index (χ1v) is 15.8. The fraction of sp³-hybridized carbons (Fsp3) is 0.306. The Hall–Kier alpha value is -5.52. The van der Waals surface area contributed by atoms with Gasteiger partial charge < -0.3 is 30.2 Å². The highest BCUT2D eigenvalue weighted by Crippen LogP contribution is 2.34. The molecule has 8 bridgehead atoms. The summed E-state index contributed by atoms with van der Waals surface area (Å²) in [4.78, 5) is 49.1. The van der Waals surface area contributed by atoms with Crippen LogP contribution in [0.15, 0.2) is 72.9 Å². The molecular weight excluding hydrogens is 617 g/mol. The summed E-state index contributed by atoms with van der Waals surface area (Å²) in [5, 5.41) is 8.79. The average molecular weight is 654 g/mol. The molecule has 12 heteroatoms. The maximum absolute atomic E-state index is 14.9. The van der Waals surface area contributed by atoms with Gasteiger partial charge in [0.25, 0.3) is 5.91 Å². The number of Topliss-reactive ketones (excluding diaryl/α,β-unsaturated/α-hetero) is 1. The number of hydrogen-bond acceptors (Lipinski definition) is 9. The fourth-order valence-corrected chi connectivity index (χ4v) is 5.64. The van der Waals surface area contributed by atoms with Gasteiger partial charge in [0.15, 0.2) is 23.1 Å². The van der Waals surface area contributed by atoms with E-state index in [9.17, 15) is 18.8 Å². The number of aromatic nitrogens is 2. The third-order valence-electron chi connectivity index (χ3n) is 8.40. The van der Waals surface area contributed by atoms with Gasteiger partial charge in [-0.25, -0.2) is 14.4 Å². The maximum Gasteiger partial charge on any atom is 0.272 e. The van der Waals surface area contributed by atoms with Gasteiger partial charge in [0.05, 0.1) is 25.6 Å². The van der Waals surface area contributed by atoms with E-state index in [0.29, 0.717) is 60.1 Å². The lowest BCUT2D eigenvalue weighted by Gasteiger charge is -2.34. The second kappa shape index (κ2) is 14.1. The summed E-state index contributed by atoms with van der Waals surface area (Å²) in [6, 6.07) is 18.8. The normalized spacial score (nSPS) is 20.0. The monoisotopic (exact) mass is 653 g/mol. The molecule has 6 aliphatic rings. The maximum atomic E-state index is 14.9. The zero-order valence-corrected chi connectivity index (χ0v) is 26.7. The topological polar surface area (TPSA) is 141 Å². The number of ether oxygens (including phenoxy) is 3. The van der Waals surface area contributed by atoms with Crippen molar-refractivity contribution in [1.82, 2.24) is 20.6 Å². The number of halogens is 1. The second-order valence-electron chi connectivity index (χ2n) is 11.9. The van der Waals surface area contributed by atoms with Crippen LogP contribution in [0.4, 0.5) is 16.0 Å². The number of carbonyl (C=O) groups excluding carboxylic acids is 3. The van der Waals surface area contributed by atoms with Crippen molar-refractivity contribution in [3.63, 3.8) is 0 Å². The minimum absolute atomic E-state index is 0.0817. The lowest BCUT2D eigenvalue weighted by atomic mass is 9.88. The van der Waals surface area contributed by atoms with Crippen molar-refractivity contribution in [1.29, 1.82) is 0 Å². The number of hydrogen-bond donors (Lipinski definition) is 3. The molecule has 2 amide bonds. The number of amides is 2. The van der Waals surface area contributed by atoms with E-state index >= 15 is 0 Å². The molecule has 0 saturated carbocycles. The lowest BCUT2D eigenvalue weighted by Crippen LogP contribution is -2.61. The van der Waals surface area contributed by atoms with E-state index in [4.69, 9.17) is 14.2 Å². The van der Waals surface area contributed by atoms with Crippen molar-refractivity contribution >= 4 is 29.2 Å². The lowest BCUT2D eigenvalue weighted by molar-refractivity contribution is -0.150. The molecule has 2 atom stereocenters. The third kappa shape index (κ3) is 7.22. The van der Waals surface area contributed by atoms with Crippen LogP contribution in [0.3, 0.4) is 0 Å². The van der Waals surface area contributed by atoms with Gasteiger partial charge in [-0.1, -0.05) is 42.5 Å². The van der Waals surface area contributed by atoms with Crippen LogP contribution in [0.25, 0.3) is 0 Å². The van der Waals surface area contributed by atoms with E-state index in [1.54, 1.807) is 36.4 Å². The molecule has 0 radical (unpaired) electrons. The zero-order valence-electron chi connectivity index (χ0n) is 26.7. The van der Waals surface area contributed by atoms with E-state index < -0.39 is 29.2 Å². The van der Waals surface area contributed by atoms with Crippen LogP contribution >= 0.6 is 0 Å². The van der Waals surface area contributed by atoms with Crippen molar-refractivity contribution in [2.75, 3.05) is 25.6 Å². The number of anilines is 2. The fourth-order valence-electron chi connectivity index (χ4n) is 5.64. The van der Waals surface area contributed by atoms with Gasteiger partial charge in [0.2, 0.25) is 17.5 Å². The van der Waals surface area contributed by atoms with E-state index in [0.717, 1.165) is 11.8 Å². The summed E-state index contributed by atoms with van der Waals surface area (Å²) in [6.45, 7) is 2.14. The Morgan fingerprint density at radius 3 is 2.62 bits per heavy atom. The average Bonchev–Trinajstić information content (AvgIpc) is 3.08. The van der Waals surface area contributed by atoms with Gasteiger partial charge in [0, 0.05) is 43.1 Å². The number of rotatable bonds is 3. The molecule has 0 aliphatic carbocycles. The van der Waals surface area contributed by atoms with Gasteiger partial charge in [-0.15, -0.1) is 0 Å². The molecule has 3 aromatic carbocycles. The van der Waals surface area contributed by atoms with Crippen molar-refractivity contribution in [2.45, 2.75) is 50.7 Å². The first-order chi connectivity index (χ1) is 23.2. The molecule has 0 unspecified atom stereocenters. The Labute approximate surface area is 277 Å². The number of methoxy groups -OCH3 is 1. The summed E-state index contributed by atoms with van der Waals surface area (Å²) in [5.41, 5.74) is 1.01. The Kier molecular flexibility index (Phi) is 9.51. The summed E-state index contributed by atoms with van der Waals surface area (Å²) in [5.74, 6) is -0.553. The largest absolute Gasteiger partial charge is 0.493 e. The highest BCUT2D eigenvalue weighted by Gasteiger charge is 2.47. The van der Waals surface area contributed by atoms with E-state index in [1.807, 2.05) is 30.3 Å². The molecule has 7 heterocycles. The highest BCUT2D eigenvalue weighted by atomic mass is 19.1. The Morgan fingerprint density at radius 1 is 1.00 bits per heavy atom. The number of carbonyl (C=O) groups is 3. The smallest absolute Gasteiger partial charge is 0.272 e. The Morgan fingerprint density at radius 2 is 1.81 bits per heavy atom. The summed E-state index contributed by atoms with van der Waals surface area (Å²) >= 11 is 0. The Bertz CT molecular complexity index is 1840. The third-order valence-corrected chi connectivity index (χ3v) is 8.40. The molecular formula is C36H36FN5O6. The predicted molar refractivity (Wildman–Crippen MR) is 175 cm³/mol. The molecule has 10 rings (SSSR count). The predicted octanol–water partition coefficient (Wildman–Crippen LogP) is 4.24. The van der Waals surface area contributed by atoms with E-state index in [2.05, 4.69) is 25.9 Å². The molecule has 3 N–H and O–H groups in total. The molecule has 48 heavy (non-hydrogen) atoms. The van der Waals surface area contributed by atoms with Crippen molar-refractivity contribution < 1.29 is 33.0 Å². The molecule has 0 saturated heterocycles. The highest BCUT2D eigenvalue weighted by molar-refractivity contribution is 6.11. The SMILES string of the molecule is COc1cc2ccc1OCCCCNC(=O)[C@@H](Cc1ccccc1)NC(=O)[C@@]1(C)Oc3ccc(cc3CC1=O)Cc1nc(ncc1F)N2. The molecule has 0 fully saturated rings. The number of nitrogens with zero attached hydrogens (tertiary/aromatic N) is 2. The molecule has 248 valence electrons. The minimum Gasteiger partial charge on any atom is -0.493 e. The number of ketones is 1. The Balaban J connectivity index is 1.30. The number of benzene rings is 3. The first kappa shape index (κ1) is 32.4. The van der Waals surface area contributed by atoms with Gasteiger partial charge >= 0.3 is 0 Å². The van der Waals surface area contributed by atoms with Gasteiger partial charge in [-0.2, -0.15) is 0 Å². The zero-order chi connectivity index (χ0) is 33.7. The van der Waals surface area contributed by atoms with Gasteiger partial charge in [0.1, 0.15) is 11.8 Å². The van der Waals surface area contributed by atoms with Crippen LogP contribution in [-0.2, 0) is 33.6 Å². The molecule has 4 aromatic rings. The van der Waals surface area contributed by atoms with Gasteiger partial charge in [-0.05, 0) is 49.1 Å². The summed E-state index contributed by atoms with van der Waals surface area (Å²) in [7, 11) is 1.54. The van der Waals surface area contributed by atoms with Gasteiger partial charge in [-0.3, -0.25) is 14.4 Å². The van der Waals surface area contributed by atoms with E-state index in [-0.39, 0.29) is 36.8 Å². The van der Waals surface area contributed by atoms with Crippen LogP contribution in [0.2, 0.25) is 0 Å². The summed E-state index contributed by atoms with van der Waals surface area (Å²) < 4.78 is 32.4. The van der Waals surface area contributed by atoms with Crippen LogP contribution in [0, 0.1) is 5.82 Å². The molecule has 6 aliphatic heterocycles. The summed E-state index contributed by atoms with van der Waals surface area (Å²) in [6.07, 6.45) is 2.61. The number of nitrogens with one attached hydrogen (secondary N) is 3. The first-order valence-electron chi connectivity index (χ1n) is 15.8. The van der Waals surface area contributed by atoms with Crippen LogP contribution in [0.5, 0.6) is 17.2 Å². The van der Waals surface area contributed by atoms with Crippen LogP contribution < -0.4 is 30.2 Å². The standard InChI is InChI=1S/C36H36FN5O6/c1-36-32(43)19-24-16-23(10-12-29(24)48-36)18-27-26(37)21-39-35(42-27)40-25-11-13-30(31(20-25)46-2)47-15-7-6-14-38-33(44)28(41-34(36)45)17-22-8-4-3-5-9-22/h3-5,8-13,16,20-21,28H,6-7,14-15,17-19H2,1-2H3,(H,38,44)(H,41,45)(H,39,40,42)/t28-,36+/m1/s1. The molecule has 11 nitrogen and oxygen atoms in total. The van der Waals surface area contributed by atoms with Crippen LogP contribution in [-0.4, -0.2) is 59.5 Å². The van der Waals surface area contributed by atoms with Crippen molar-refractivity contribution in [3.8, 4) is 17.2 Å². The molecule has 1 aromatic heterocycles. The molecule has 0 spiro atoms.